The molecule has 0 aromatic heterocycles. The van der Waals surface area contributed by atoms with Crippen LogP contribution < -0.4 is 0 Å². The SMILES string of the molecule is CC(=O)c1ccc(C(=O)O)cc1Sc1ccc(Cl)cc1. The van der Waals surface area contributed by atoms with Crippen LogP contribution in [0.25, 0.3) is 0 Å². The number of carboxylic acids is 1. The Morgan fingerprint density at radius 1 is 1.10 bits per heavy atom. The maximum absolute atomic E-state index is 11.6. The summed E-state index contributed by atoms with van der Waals surface area (Å²) >= 11 is 7.16. The number of Topliss-reactive ketones (excluding diaryl/α,β-unsaturated/α-hetero) is 1. The molecule has 102 valence electrons. The van der Waals surface area contributed by atoms with Crippen LogP contribution in [0.2, 0.25) is 5.02 Å². The number of hydrogen-bond donors (Lipinski definition) is 1. The van der Waals surface area contributed by atoms with Crippen molar-refractivity contribution in [2.24, 2.45) is 0 Å². The van der Waals surface area contributed by atoms with E-state index in [1.54, 1.807) is 18.2 Å². The second-order valence-corrected chi connectivity index (χ2v) is 5.68. The van der Waals surface area contributed by atoms with Gasteiger partial charge in [0.1, 0.15) is 0 Å². The summed E-state index contributed by atoms with van der Waals surface area (Å²) in [5, 5.41) is 9.65. The molecular weight excluding hydrogens is 296 g/mol. The normalized spacial score (nSPS) is 10.3. The van der Waals surface area contributed by atoms with E-state index >= 15 is 0 Å². The minimum absolute atomic E-state index is 0.0987. The molecule has 0 radical (unpaired) electrons. The van der Waals surface area contributed by atoms with Crippen molar-refractivity contribution in [3.63, 3.8) is 0 Å². The molecule has 2 rings (SSSR count). The topological polar surface area (TPSA) is 54.4 Å². The van der Waals surface area contributed by atoms with Crippen LogP contribution in [0, 0.1) is 0 Å². The zero-order valence-corrected chi connectivity index (χ0v) is 12.2. The molecule has 0 heterocycles. The largest absolute Gasteiger partial charge is 0.478 e. The number of ketones is 1. The molecule has 0 spiro atoms. The van der Waals surface area contributed by atoms with E-state index in [1.807, 2.05) is 12.1 Å². The van der Waals surface area contributed by atoms with Crippen LogP contribution in [0.15, 0.2) is 52.3 Å². The number of carbonyl (C=O) groups excluding carboxylic acids is 1. The summed E-state index contributed by atoms with van der Waals surface area (Å²) < 4.78 is 0. The van der Waals surface area contributed by atoms with Gasteiger partial charge in [-0.25, -0.2) is 4.79 Å². The molecule has 1 N–H and O–H groups in total. The highest BCUT2D eigenvalue weighted by molar-refractivity contribution is 7.99. The molecule has 0 amide bonds. The lowest BCUT2D eigenvalue weighted by molar-refractivity contribution is 0.0696. The van der Waals surface area contributed by atoms with Crippen molar-refractivity contribution in [3.05, 3.63) is 58.6 Å². The number of hydrogen-bond acceptors (Lipinski definition) is 3. The molecule has 3 nitrogen and oxygen atoms in total. The van der Waals surface area contributed by atoms with Gasteiger partial charge in [-0.2, -0.15) is 0 Å². The summed E-state index contributed by atoms with van der Waals surface area (Å²) in [6.07, 6.45) is 0. The second kappa shape index (κ2) is 6.11. The molecule has 0 unspecified atom stereocenters. The summed E-state index contributed by atoms with van der Waals surface area (Å²) in [5.41, 5.74) is 0.668. The van der Waals surface area contributed by atoms with Gasteiger partial charge in [0.2, 0.25) is 0 Å². The Kier molecular flexibility index (Phi) is 4.47. The van der Waals surface area contributed by atoms with E-state index in [0.717, 1.165) is 4.90 Å². The van der Waals surface area contributed by atoms with Crippen LogP contribution in [0.3, 0.4) is 0 Å². The summed E-state index contributed by atoms with van der Waals surface area (Å²) in [7, 11) is 0. The van der Waals surface area contributed by atoms with Crippen LogP contribution >= 0.6 is 23.4 Å². The first-order chi connectivity index (χ1) is 9.47. The van der Waals surface area contributed by atoms with E-state index in [-0.39, 0.29) is 11.3 Å². The first-order valence-corrected chi connectivity index (χ1v) is 6.98. The number of aromatic carboxylic acids is 1. The Labute approximate surface area is 125 Å². The molecule has 2 aromatic carbocycles. The van der Waals surface area contributed by atoms with E-state index in [9.17, 15) is 9.59 Å². The second-order valence-electron chi connectivity index (χ2n) is 4.13. The first kappa shape index (κ1) is 14.6. The summed E-state index contributed by atoms with van der Waals surface area (Å²) in [6, 6.07) is 11.6. The molecular formula is C15H11ClO3S. The van der Waals surface area contributed by atoms with Crippen LogP contribution in [0.5, 0.6) is 0 Å². The number of carboxylic acid groups (broad SMARTS) is 1. The molecule has 0 aliphatic heterocycles. The van der Waals surface area contributed by atoms with Crippen LogP contribution in [-0.2, 0) is 0 Å². The first-order valence-electron chi connectivity index (χ1n) is 5.79. The Bertz CT molecular complexity index is 665. The van der Waals surface area contributed by atoms with Crippen molar-refractivity contribution < 1.29 is 14.7 Å². The van der Waals surface area contributed by atoms with Crippen LogP contribution in [0.1, 0.15) is 27.6 Å². The minimum atomic E-state index is -1.02. The third-order valence-electron chi connectivity index (χ3n) is 2.65. The van der Waals surface area contributed by atoms with Gasteiger partial charge in [-0.05, 0) is 49.4 Å². The number of halogens is 1. The lowest BCUT2D eigenvalue weighted by Crippen LogP contribution is -2.01. The Hall–Kier alpha value is -1.78. The highest BCUT2D eigenvalue weighted by Crippen LogP contribution is 2.32. The number of benzene rings is 2. The van der Waals surface area contributed by atoms with Gasteiger partial charge in [-0.15, -0.1) is 0 Å². The van der Waals surface area contributed by atoms with E-state index in [2.05, 4.69) is 0 Å². The average Bonchev–Trinajstić information content (AvgIpc) is 2.41. The average molecular weight is 307 g/mol. The smallest absolute Gasteiger partial charge is 0.335 e. The molecule has 0 saturated heterocycles. The standard InChI is InChI=1S/C15H11ClO3S/c1-9(17)13-7-2-10(15(18)19)8-14(13)20-12-5-3-11(16)4-6-12/h2-8H,1H3,(H,18,19). The third-order valence-corrected chi connectivity index (χ3v) is 3.97. The fourth-order valence-corrected chi connectivity index (χ4v) is 2.82. The zero-order valence-electron chi connectivity index (χ0n) is 10.6. The van der Waals surface area contributed by atoms with Crippen molar-refractivity contribution >= 4 is 35.1 Å². The van der Waals surface area contributed by atoms with Crippen molar-refractivity contribution in [2.75, 3.05) is 0 Å². The molecule has 0 aliphatic rings. The maximum atomic E-state index is 11.6. The van der Waals surface area contributed by atoms with Gasteiger partial charge in [0, 0.05) is 20.4 Å². The predicted molar refractivity (Wildman–Crippen MR) is 79.0 cm³/mol. The van der Waals surface area contributed by atoms with Gasteiger partial charge in [0.05, 0.1) is 5.56 Å². The van der Waals surface area contributed by atoms with Gasteiger partial charge in [0.15, 0.2) is 5.78 Å². The highest BCUT2D eigenvalue weighted by Gasteiger charge is 2.12. The molecule has 0 saturated carbocycles. The lowest BCUT2D eigenvalue weighted by atomic mass is 10.1. The predicted octanol–water partition coefficient (Wildman–Crippen LogP) is 4.39. The summed E-state index contributed by atoms with van der Waals surface area (Å²) in [6.45, 7) is 1.46. The monoisotopic (exact) mass is 306 g/mol. The zero-order chi connectivity index (χ0) is 14.7. The van der Waals surface area contributed by atoms with Gasteiger partial charge in [0.25, 0.3) is 0 Å². The highest BCUT2D eigenvalue weighted by atomic mass is 35.5. The van der Waals surface area contributed by atoms with Crippen molar-refractivity contribution in [2.45, 2.75) is 16.7 Å². The quantitative estimate of drug-likeness (QED) is 0.851. The van der Waals surface area contributed by atoms with Crippen molar-refractivity contribution in [1.82, 2.24) is 0 Å². The van der Waals surface area contributed by atoms with Crippen LogP contribution in [0.4, 0.5) is 0 Å². The van der Waals surface area contributed by atoms with E-state index < -0.39 is 5.97 Å². The van der Waals surface area contributed by atoms with Crippen LogP contribution in [-0.4, -0.2) is 16.9 Å². The van der Waals surface area contributed by atoms with Gasteiger partial charge in [-0.1, -0.05) is 23.4 Å². The Morgan fingerprint density at radius 3 is 2.30 bits per heavy atom. The molecule has 0 aliphatic carbocycles. The molecule has 0 bridgehead atoms. The molecule has 2 aromatic rings. The number of carbonyl (C=O) groups is 2. The summed E-state index contributed by atoms with van der Waals surface area (Å²) in [5.74, 6) is -1.11. The van der Waals surface area contributed by atoms with E-state index in [4.69, 9.17) is 16.7 Å². The number of rotatable bonds is 4. The van der Waals surface area contributed by atoms with Gasteiger partial charge >= 0.3 is 5.97 Å². The van der Waals surface area contributed by atoms with Crippen molar-refractivity contribution in [3.8, 4) is 0 Å². The van der Waals surface area contributed by atoms with Gasteiger partial charge in [-0.3, -0.25) is 4.79 Å². The fraction of sp³-hybridized carbons (Fsp3) is 0.0667. The maximum Gasteiger partial charge on any atom is 0.335 e. The lowest BCUT2D eigenvalue weighted by Gasteiger charge is -2.08. The van der Waals surface area contributed by atoms with Crippen molar-refractivity contribution in [1.29, 1.82) is 0 Å². The molecule has 5 heteroatoms. The van der Waals surface area contributed by atoms with E-state index in [0.29, 0.717) is 15.5 Å². The summed E-state index contributed by atoms with van der Waals surface area (Å²) in [4.78, 5) is 24.1. The Balaban J connectivity index is 2.41. The molecule has 0 fully saturated rings. The van der Waals surface area contributed by atoms with Gasteiger partial charge < -0.3 is 5.11 Å². The Morgan fingerprint density at radius 2 is 1.75 bits per heavy atom. The third kappa shape index (κ3) is 3.40. The van der Waals surface area contributed by atoms with E-state index in [1.165, 1.54) is 30.8 Å². The minimum Gasteiger partial charge on any atom is -0.478 e. The molecule has 0 atom stereocenters. The molecule has 20 heavy (non-hydrogen) atoms. The fourth-order valence-electron chi connectivity index (χ4n) is 1.66.